The van der Waals surface area contributed by atoms with Crippen LogP contribution in [0.25, 0.3) is 11.2 Å². The van der Waals surface area contributed by atoms with Crippen LogP contribution in [-0.2, 0) is 11.3 Å². The maximum atomic E-state index is 6.13. The number of fused-ring (bicyclic) bond motifs is 1. The summed E-state index contributed by atoms with van der Waals surface area (Å²) >= 11 is 0. The van der Waals surface area contributed by atoms with Crippen molar-refractivity contribution in [3.63, 3.8) is 0 Å². The van der Waals surface area contributed by atoms with Crippen molar-refractivity contribution < 1.29 is 4.74 Å². The molecule has 1 spiro atoms. The number of nitrogens with two attached hydrogens (primary N) is 1. The Morgan fingerprint density at radius 1 is 1.00 bits per heavy atom. The molecule has 0 bridgehead atoms. The minimum absolute atomic E-state index is 0.312. The van der Waals surface area contributed by atoms with Gasteiger partial charge in [-0.25, -0.2) is 4.98 Å². The van der Waals surface area contributed by atoms with E-state index < -0.39 is 0 Å². The molecule has 10 nitrogen and oxygen atoms in total. The SMILES string of the molecule is NC1CCC(Nc2nc(Nc3ccc(CN4CC5(COC5)C4)nc3)c3ncn(C4CCCC4)c3n2)CC1. The molecule has 3 aromatic heterocycles. The van der Waals surface area contributed by atoms with Crippen molar-refractivity contribution in [1.29, 1.82) is 0 Å². The van der Waals surface area contributed by atoms with Crippen LogP contribution in [0.1, 0.15) is 63.1 Å². The number of likely N-dealkylation sites (tertiary alicyclic amines) is 1. The topological polar surface area (TPSA) is 119 Å². The number of nitrogens with zero attached hydrogens (tertiary/aromatic N) is 6. The van der Waals surface area contributed by atoms with Crippen molar-refractivity contribution in [1.82, 2.24) is 29.4 Å². The lowest BCUT2D eigenvalue weighted by molar-refractivity contribution is -0.191. The van der Waals surface area contributed by atoms with E-state index in [2.05, 4.69) is 32.2 Å². The fourth-order valence-electron chi connectivity index (χ4n) is 6.51. The van der Waals surface area contributed by atoms with Gasteiger partial charge in [-0.05, 0) is 50.7 Å². The Morgan fingerprint density at radius 3 is 2.51 bits per heavy atom. The average molecular weight is 504 g/mol. The molecule has 4 N–H and O–H groups in total. The highest BCUT2D eigenvalue weighted by molar-refractivity contribution is 5.86. The summed E-state index contributed by atoms with van der Waals surface area (Å²) in [5.74, 6) is 1.38. The molecule has 0 amide bonds. The molecule has 2 saturated carbocycles. The maximum Gasteiger partial charge on any atom is 0.227 e. The van der Waals surface area contributed by atoms with Gasteiger partial charge in [-0.3, -0.25) is 9.88 Å². The van der Waals surface area contributed by atoms with Gasteiger partial charge in [-0.2, -0.15) is 9.97 Å². The zero-order valence-electron chi connectivity index (χ0n) is 21.4. The lowest BCUT2D eigenvalue weighted by atomic mass is 9.78. The van der Waals surface area contributed by atoms with Crippen LogP contribution in [0.5, 0.6) is 0 Å². The molecule has 3 aromatic rings. The smallest absolute Gasteiger partial charge is 0.227 e. The predicted molar refractivity (Wildman–Crippen MR) is 143 cm³/mol. The molecule has 5 heterocycles. The van der Waals surface area contributed by atoms with Crippen LogP contribution in [0.3, 0.4) is 0 Å². The van der Waals surface area contributed by atoms with Gasteiger partial charge in [0.25, 0.3) is 0 Å². The van der Waals surface area contributed by atoms with E-state index in [-0.39, 0.29) is 0 Å². The van der Waals surface area contributed by atoms with Crippen molar-refractivity contribution in [2.45, 2.75) is 76.0 Å². The first-order valence-electron chi connectivity index (χ1n) is 13.9. The van der Waals surface area contributed by atoms with Crippen molar-refractivity contribution in [3.05, 3.63) is 30.4 Å². The molecule has 10 heteroatoms. The Morgan fingerprint density at radius 2 is 1.81 bits per heavy atom. The van der Waals surface area contributed by atoms with Gasteiger partial charge in [0.15, 0.2) is 17.0 Å². The van der Waals surface area contributed by atoms with Gasteiger partial charge in [-0.15, -0.1) is 0 Å². The molecular weight excluding hydrogens is 466 g/mol. The lowest BCUT2D eigenvalue weighted by Crippen LogP contribution is -2.65. The fourth-order valence-corrected chi connectivity index (χ4v) is 6.51. The second-order valence-electron chi connectivity index (χ2n) is 11.7. The van der Waals surface area contributed by atoms with Crippen molar-refractivity contribution in [2.75, 3.05) is 36.9 Å². The standard InChI is InChI=1S/C27H37N9O/c28-18-5-7-19(8-6-18)32-26-33-24(23-25(34-26)36(17-30-23)22-3-1-2-4-22)31-20-9-10-21(29-11-20)12-35-13-27(14-35)15-37-16-27/h9-11,17-19,22H,1-8,12-16,28H2,(H2,31,32,33,34). The molecule has 2 saturated heterocycles. The third-order valence-electron chi connectivity index (χ3n) is 8.65. The monoisotopic (exact) mass is 503 g/mol. The summed E-state index contributed by atoms with van der Waals surface area (Å²) in [6, 6.07) is 5.31. The zero-order valence-corrected chi connectivity index (χ0v) is 21.4. The van der Waals surface area contributed by atoms with Gasteiger partial charge in [-0.1, -0.05) is 12.8 Å². The van der Waals surface area contributed by atoms with E-state index in [0.717, 1.165) is 86.9 Å². The van der Waals surface area contributed by atoms with Crippen LogP contribution in [0.2, 0.25) is 0 Å². The highest BCUT2D eigenvalue weighted by atomic mass is 16.5. The van der Waals surface area contributed by atoms with Crippen LogP contribution < -0.4 is 16.4 Å². The Bertz CT molecular complexity index is 1230. The van der Waals surface area contributed by atoms with Gasteiger partial charge in [0.2, 0.25) is 5.95 Å². The van der Waals surface area contributed by atoms with Crippen molar-refractivity contribution >= 4 is 28.6 Å². The molecule has 0 radical (unpaired) electrons. The fraction of sp³-hybridized carbons (Fsp3) is 0.630. The molecule has 7 rings (SSSR count). The van der Waals surface area contributed by atoms with Gasteiger partial charge < -0.3 is 25.7 Å². The summed E-state index contributed by atoms with van der Waals surface area (Å²) in [6.45, 7) is 4.92. The molecule has 2 aliphatic heterocycles. The maximum absolute atomic E-state index is 6.13. The Balaban J connectivity index is 1.11. The molecule has 0 atom stereocenters. The number of nitrogens with one attached hydrogen (secondary N) is 2. The summed E-state index contributed by atoms with van der Waals surface area (Å²) < 4.78 is 7.65. The summed E-state index contributed by atoms with van der Waals surface area (Å²) in [7, 11) is 0. The first-order valence-corrected chi connectivity index (χ1v) is 13.9. The number of anilines is 3. The number of rotatable bonds is 7. The Kier molecular flexibility index (Phi) is 5.98. The van der Waals surface area contributed by atoms with Crippen molar-refractivity contribution in [2.24, 2.45) is 11.1 Å². The van der Waals surface area contributed by atoms with Crippen LogP contribution in [0.4, 0.5) is 17.5 Å². The van der Waals surface area contributed by atoms with Gasteiger partial charge in [0, 0.05) is 43.2 Å². The van der Waals surface area contributed by atoms with E-state index in [1.165, 1.54) is 25.7 Å². The molecule has 4 fully saturated rings. The van der Waals surface area contributed by atoms with E-state index in [4.69, 9.17) is 30.4 Å². The van der Waals surface area contributed by atoms with E-state index in [9.17, 15) is 0 Å². The van der Waals surface area contributed by atoms with Crippen LogP contribution in [0, 0.1) is 5.41 Å². The molecule has 2 aliphatic carbocycles. The van der Waals surface area contributed by atoms with Gasteiger partial charge in [0.05, 0.1) is 37.1 Å². The molecule has 196 valence electrons. The van der Waals surface area contributed by atoms with Crippen LogP contribution in [-0.4, -0.2) is 67.8 Å². The zero-order chi connectivity index (χ0) is 24.8. The second-order valence-corrected chi connectivity index (χ2v) is 11.7. The third kappa shape index (κ3) is 4.66. The molecule has 0 aromatic carbocycles. The highest BCUT2D eigenvalue weighted by Gasteiger charge is 2.48. The first kappa shape index (κ1) is 23.3. The van der Waals surface area contributed by atoms with E-state index in [0.29, 0.717) is 29.5 Å². The molecule has 4 aliphatic rings. The summed E-state index contributed by atoms with van der Waals surface area (Å²) in [5.41, 5.74) is 10.2. The first-order chi connectivity index (χ1) is 18.1. The third-order valence-corrected chi connectivity index (χ3v) is 8.65. The molecule has 37 heavy (non-hydrogen) atoms. The normalized spacial score (nSPS) is 25.8. The highest BCUT2D eigenvalue weighted by Crippen LogP contribution is 2.38. The van der Waals surface area contributed by atoms with Crippen molar-refractivity contribution in [3.8, 4) is 0 Å². The van der Waals surface area contributed by atoms with E-state index >= 15 is 0 Å². The lowest BCUT2D eigenvalue weighted by Gasteiger charge is -2.55. The average Bonchev–Trinajstić information content (AvgIpc) is 3.52. The minimum atomic E-state index is 0.312. The van der Waals surface area contributed by atoms with E-state index in [1.54, 1.807) is 0 Å². The summed E-state index contributed by atoms with van der Waals surface area (Å²) in [6.07, 6.45) is 12.9. The number of hydrogen-bond donors (Lipinski definition) is 3. The quantitative estimate of drug-likeness (QED) is 0.444. The Hall–Kier alpha value is -2.82. The van der Waals surface area contributed by atoms with E-state index in [1.807, 2.05) is 12.5 Å². The largest absolute Gasteiger partial charge is 0.380 e. The molecular formula is C27H37N9O. The van der Waals surface area contributed by atoms with Crippen LogP contribution >= 0.6 is 0 Å². The number of hydrogen-bond acceptors (Lipinski definition) is 9. The Labute approximate surface area is 217 Å². The number of pyridine rings is 1. The second kappa shape index (κ2) is 9.49. The van der Waals surface area contributed by atoms with Gasteiger partial charge in [0.1, 0.15) is 0 Å². The minimum Gasteiger partial charge on any atom is -0.380 e. The summed E-state index contributed by atoms with van der Waals surface area (Å²) in [4.78, 5) is 21.8. The summed E-state index contributed by atoms with van der Waals surface area (Å²) in [5, 5.41) is 7.09. The number of aromatic nitrogens is 5. The number of imidazole rings is 1. The van der Waals surface area contributed by atoms with Crippen LogP contribution in [0.15, 0.2) is 24.7 Å². The molecule has 0 unspecified atom stereocenters. The predicted octanol–water partition coefficient (Wildman–Crippen LogP) is 3.59. The van der Waals surface area contributed by atoms with Gasteiger partial charge >= 0.3 is 0 Å². The number of ether oxygens (including phenoxy) is 1.